The molecule has 17 heavy (non-hydrogen) atoms. The summed E-state index contributed by atoms with van der Waals surface area (Å²) < 4.78 is 1.72. The van der Waals surface area contributed by atoms with Gasteiger partial charge in [0.15, 0.2) is 0 Å². The lowest BCUT2D eigenvalue weighted by Gasteiger charge is -2.03. The second-order valence-corrected chi connectivity index (χ2v) is 3.96. The van der Waals surface area contributed by atoms with E-state index in [1.807, 2.05) is 43.6 Å². The molecule has 0 atom stereocenters. The summed E-state index contributed by atoms with van der Waals surface area (Å²) >= 11 is 0. The number of hydrogen-bond donors (Lipinski definition) is 1. The highest BCUT2D eigenvalue weighted by molar-refractivity contribution is 5.78. The normalized spacial score (nSPS) is 10.2. The molecule has 4 nitrogen and oxygen atoms in total. The van der Waals surface area contributed by atoms with Crippen LogP contribution in [0.4, 0.5) is 0 Å². The van der Waals surface area contributed by atoms with E-state index in [0.29, 0.717) is 13.0 Å². The Kier molecular flexibility index (Phi) is 3.55. The van der Waals surface area contributed by atoms with Crippen LogP contribution >= 0.6 is 0 Å². The van der Waals surface area contributed by atoms with Crippen molar-refractivity contribution in [3.63, 3.8) is 0 Å². The van der Waals surface area contributed by atoms with Crippen molar-refractivity contribution in [3.05, 3.63) is 53.9 Å². The molecule has 0 aliphatic carbocycles. The summed E-state index contributed by atoms with van der Waals surface area (Å²) in [6.45, 7) is 0.527. The van der Waals surface area contributed by atoms with E-state index in [4.69, 9.17) is 0 Å². The van der Waals surface area contributed by atoms with Gasteiger partial charge in [0, 0.05) is 25.4 Å². The van der Waals surface area contributed by atoms with Crippen LogP contribution in [0.5, 0.6) is 0 Å². The second kappa shape index (κ2) is 5.30. The zero-order valence-electron chi connectivity index (χ0n) is 9.76. The van der Waals surface area contributed by atoms with E-state index in [1.54, 1.807) is 10.9 Å². The van der Waals surface area contributed by atoms with E-state index in [2.05, 4.69) is 10.4 Å². The molecule has 0 aliphatic heterocycles. The monoisotopic (exact) mass is 229 g/mol. The molecule has 0 unspecified atom stereocenters. The van der Waals surface area contributed by atoms with Crippen LogP contribution in [0, 0.1) is 0 Å². The zero-order chi connectivity index (χ0) is 12.1. The minimum atomic E-state index is 0.0278. The molecule has 0 bridgehead atoms. The first-order chi connectivity index (χ1) is 8.24. The van der Waals surface area contributed by atoms with Crippen molar-refractivity contribution in [2.75, 3.05) is 0 Å². The summed E-state index contributed by atoms with van der Waals surface area (Å²) in [5, 5.41) is 6.91. The number of nitrogens with one attached hydrogen (secondary N) is 1. The van der Waals surface area contributed by atoms with Gasteiger partial charge in [-0.15, -0.1) is 0 Å². The standard InChI is InChI=1S/C13H15N3O/c1-16-10-12(9-15-16)8-14-13(17)7-11-5-3-2-4-6-11/h2-6,9-10H,7-8H2,1H3,(H,14,17). The van der Waals surface area contributed by atoms with Gasteiger partial charge in [0.05, 0.1) is 12.6 Å². The number of aromatic nitrogens is 2. The summed E-state index contributed by atoms with van der Waals surface area (Å²) in [6, 6.07) is 9.71. The van der Waals surface area contributed by atoms with Crippen LogP contribution in [0.25, 0.3) is 0 Å². The maximum atomic E-state index is 11.7. The van der Waals surface area contributed by atoms with E-state index in [1.165, 1.54) is 0 Å². The topological polar surface area (TPSA) is 46.9 Å². The number of aryl methyl sites for hydroxylation is 1. The van der Waals surface area contributed by atoms with Gasteiger partial charge >= 0.3 is 0 Å². The fourth-order valence-corrected chi connectivity index (χ4v) is 1.61. The van der Waals surface area contributed by atoms with Gasteiger partial charge in [-0.3, -0.25) is 9.48 Å². The minimum Gasteiger partial charge on any atom is -0.352 e. The number of rotatable bonds is 4. The summed E-state index contributed by atoms with van der Waals surface area (Å²) in [5.41, 5.74) is 2.03. The number of carbonyl (C=O) groups excluding carboxylic acids is 1. The second-order valence-electron chi connectivity index (χ2n) is 3.96. The fourth-order valence-electron chi connectivity index (χ4n) is 1.61. The lowest BCUT2D eigenvalue weighted by molar-refractivity contribution is -0.120. The molecule has 2 rings (SSSR count). The molecule has 0 spiro atoms. The predicted molar refractivity (Wildman–Crippen MR) is 65.2 cm³/mol. The van der Waals surface area contributed by atoms with E-state index < -0.39 is 0 Å². The summed E-state index contributed by atoms with van der Waals surface area (Å²) in [4.78, 5) is 11.7. The third-order valence-electron chi connectivity index (χ3n) is 2.46. The van der Waals surface area contributed by atoms with Gasteiger partial charge in [-0.05, 0) is 5.56 Å². The molecule has 0 saturated heterocycles. The SMILES string of the molecule is Cn1cc(CNC(=O)Cc2ccccc2)cn1. The van der Waals surface area contributed by atoms with Gasteiger partial charge in [-0.1, -0.05) is 30.3 Å². The van der Waals surface area contributed by atoms with Crippen molar-refractivity contribution >= 4 is 5.91 Å². The van der Waals surface area contributed by atoms with Gasteiger partial charge < -0.3 is 5.32 Å². The van der Waals surface area contributed by atoms with E-state index in [0.717, 1.165) is 11.1 Å². The Labute approximate surface area is 100 Å². The Hall–Kier alpha value is -2.10. The van der Waals surface area contributed by atoms with Crippen LogP contribution in [0.1, 0.15) is 11.1 Å². The highest BCUT2D eigenvalue weighted by atomic mass is 16.1. The van der Waals surface area contributed by atoms with Crippen LogP contribution in [-0.2, 0) is 24.8 Å². The molecule has 88 valence electrons. The highest BCUT2D eigenvalue weighted by Crippen LogP contribution is 2.00. The molecule has 0 fully saturated rings. The number of hydrogen-bond acceptors (Lipinski definition) is 2. The van der Waals surface area contributed by atoms with Gasteiger partial charge in [0.1, 0.15) is 0 Å². The Morgan fingerprint density at radius 3 is 2.71 bits per heavy atom. The highest BCUT2D eigenvalue weighted by Gasteiger charge is 2.03. The van der Waals surface area contributed by atoms with Crippen LogP contribution in [0.2, 0.25) is 0 Å². The van der Waals surface area contributed by atoms with Crippen LogP contribution in [0.3, 0.4) is 0 Å². The smallest absolute Gasteiger partial charge is 0.224 e. The van der Waals surface area contributed by atoms with Gasteiger partial charge in [-0.2, -0.15) is 5.10 Å². The lowest BCUT2D eigenvalue weighted by Crippen LogP contribution is -2.24. The molecule has 0 aliphatic rings. The van der Waals surface area contributed by atoms with Gasteiger partial charge in [-0.25, -0.2) is 0 Å². The van der Waals surface area contributed by atoms with Crippen molar-refractivity contribution in [3.8, 4) is 0 Å². The van der Waals surface area contributed by atoms with Crippen molar-refractivity contribution in [1.82, 2.24) is 15.1 Å². The summed E-state index contributed by atoms with van der Waals surface area (Å²) in [7, 11) is 1.86. The Bertz CT molecular complexity index is 490. The number of benzene rings is 1. The molecule has 1 aromatic carbocycles. The average molecular weight is 229 g/mol. The van der Waals surface area contributed by atoms with E-state index >= 15 is 0 Å². The molecule has 0 saturated carbocycles. The molecule has 1 amide bonds. The van der Waals surface area contributed by atoms with Crippen LogP contribution in [-0.4, -0.2) is 15.7 Å². The van der Waals surface area contributed by atoms with Gasteiger partial charge in [0.2, 0.25) is 5.91 Å². The Morgan fingerprint density at radius 1 is 1.29 bits per heavy atom. The zero-order valence-corrected chi connectivity index (χ0v) is 9.76. The molecule has 1 aromatic heterocycles. The van der Waals surface area contributed by atoms with E-state index in [9.17, 15) is 4.79 Å². The van der Waals surface area contributed by atoms with Crippen molar-refractivity contribution in [2.24, 2.45) is 7.05 Å². The fraction of sp³-hybridized carbons (Fsp3) is 0.231. The van der Waals surface area contributed by atoms with Crippen LogP contribution in [0.15, 0.2) is 42.7 Å². The van der Waals surface area contributed by atoms with Crippen LogP contribution < -0.4 is 5.32 Å². The van der Waals surface area contributed by atoms with Crippen molar-refractivity contribution < 1.29 is 4.79 Å². The lowest BCUT2D eigenvalue weighted by atomic mass is 10.1. The maximum absolute atomic E-state index is 11.7. The summed E-state index contributed by atoms with van der Waals surface area (Å²) in [6.07, 6.45) is 4.06. The molecule has 1 heterocycles. The third kappa shape index (κ3) is 3.45. The predicted octanol–water partition coefficient (Wildman–Crippen LogP) is 1.28. The first kappa shape index (κ1) is 11.4. The molecule has 2 aromatic rings. The average Bonchev–Trinajstić information content (AvgIpc) is 2.74. The Balaban J connectivity index is 1.82. The quantitative estimate of drug-likeness (QED) is 0.858. The third-order valence-corrected chi connectivity index (χ3v) is 2.46. The number of amides is 1. The molecule has 4 heteroatoms. The van der Waals surface area contributed by atoms with E-state index in [-0.39, 0.29) is 5.91 Å². The summed E-state index contributed by atoms with van der Waals surface area (Å²) in [5.74, 6) is 0.0278. The first-order valence-electron chi connectivity index (χ1n) is 5.52. The molecular formula is C13H15N3O. The van der Waals surface area contributed by atoms with Crippen molar-refractivity contribution in [1.29, 1.82) is 0 Å². The minimum absolute atomic E-state index is 0.0278. The van der Waals surface area contributed by atoms with Crippen molar-refractivity contribution in [2.45, 2.75) is 13.0 Å². The molecule has 0 radical (unpaired) electrons. The number of nitrogens with zero attached hydrogens (tertiary/aromatic N) is 2. The molecular weight excluding hydrogens is 214 g/mol. The Morgan fingerprint density at radius 2 is 2.06 bits per heavy atom. The first-order valence-corrected chi connectivity index (χ1v) is 5.52. The number of carbonyl (C=O) groups is 1. The van der Waals surface area contributed by atoms with Gasteiger partial charge in [0.25, 0.3) is 0 Å². The largest absolute Gasteiger partial charge is 0.352 e. The maximum Gasteiger partial charge on any atom is 0.224 e. The molecule has 1 N–H and O–H groups in total.